The molecule has 0 aromatic heterocycles. The van der Waals surface area contributed by atoms with Crippen molar-refractivity contribution >= 4 is 18.1 Å². The molecular weight excluding hydrogens is 495 g/mol. The zero-order valence-electron chi connectivity index (χ0n) is 21.5. The molecule has 202 valence electrons. The Morgan fingerprint density at radius 3 is 2.63 bits per heavy atom. The number of aliphatic imine (C=N–C) groups is 1. The Labute approximate surface area is 220 Å². The largest absolute Gasteiger partial charge is 0.495 e. The van der Waals surface area contributed by atoms with Crippen molar-refractivity contribution in [3.8, 4) is 5.75 Å². The highest BCUT2D eigenvalue weighted by Crippen LogP contribution is 2.44. The maximum absolute atomic E-state index is 14.4. The van der Waals surface area contributed by atoms with Crippen LogP contribution in [0.5, 0.6) is 5.75 Å². The van der Waals surface area contributed by atoms with Gasteiger partial charge in [0, 0.05) is 31.9 Å². The number of allylic oxidation sites excluding steroid dienone is 1. The third kappa shape index (κ3) is 4.46. The molecule has 2 fully saturated rings. The fourth-order valence-corrected chi connectivity index (χ4v) is 5.79. The maximum atomic E-state index is 14.4. The first kappa shape index (κ1) is 26.3. The standard InChI is InChI=1S/C28H32F3N5O2/c1-17-14-35(16-34-17)24-7-6-19(10-25(24)37-3)9-20-5-4-8-36(18(20)2)28(15-33-13-26(28)38-32)21-11-22(29)27(31)23(30)12-21/h6-7,9-12,16-17,26,33H,2,4-5,8,13-15,32H2,1,3H3/b20-9+/t17?,26?,28-/m0/s1. The van der Waals surface area contributed by atoms with Crippen LogP contribution in [0.15, 0.2) is 53.2 Å². The first-order valence-electron chi connectivity index (χ1n) is 12.6. The quantitative estimate of drug-likeness (QED) is 0.435. The molecule has 0 saturated carbocycles. The topological polar surface area (TPSA) is 75.3 Å². The molecule has 0 amide bonds. The van der Waals surface area contributed by atoms with E-state index in [0.29, 0.717) is 25.3 Å². The molecule has 2 saturated heterocycles. The Bertz CT molecular complexity index is 1280. The molecule has 3 aliphatic heterocycles. The molecule has 3 heterocycles. The van der Waals surface area contributed by atoms with Crippen LogP contribution in [-0.2, 0) is 10.4 Å². The van der Waals surface area contributed by atoms with E-state index >= 15 is 0 Å². The number of rotatable bonds is 6. The molecular formula is C28H32F3N5O2. The number of methoxy groups -OCH3 is 1. The summed E-state index contributed by atoms with van der Waals surface area (Å²) in [7, 11) is 1.64. The summed E-state index contributed by atoms with van der Waals surface area (Å²) in [5.74, 6) is 2.37. The molecule has 3 N–H and O–H groups in total. The molecule has 3 atom stereocenters. The van der Waals surface area contributed by atoms with E-state index in [-0.39, 0.29) is 11.6 Å². The van der Waals surface area contributed by atoms with Crippen LogP contribution in [0.3, 0.4) is 0 Å². The summed E-state index contributed by atoms with van der Waals surface area (Å²) in [6, 6.07) is 8.25. The van der Waals surface area contributed by atoms with Gasteiger partial charge in [-0.1, -0.05) is 12.6 Å². The van der Waals surface area contributed by atoms with Crippen LogP contribution >= 0.6 is 0 Å². The number of halogens is 3. The fourth-order valence-electron chi connectivity index (χ4n) is 5.79. The lowest BCUT2D eigenvalue weighted by Crippen LogP contribution is -2.56. The van der Waals surface area contributed by atoms with Crippen LogP contribution in [0.4, 0.5) is 18.9 Å². The van der Waals surface area contributed by atoms with Crippen molar-refractivity contribution in [2.45, 2.75) is 37.5 Å². The average Bonchev–Trinajstić information content (AvgIpc) is 3.54. The van der Waals surface area contributed by atoms with Crippen molar-refractivity contribution in [1.29, 1.82) is 0 Å². The normalized spacial score (nSPS) is 26.6. The number of anilines is 1. The van der Waals surface area contributed by atoms with Gasteiger partial charge in [-0.3, -0.25) is 9.83 Å². The van der Waals surface area contributed by atoms with Gasteiger partial charge < -0.3 is 19.9 Å². The number of ether oxygens (including phenoxy) is 1. The minimum atomic E-state index is -1.51. The van der Waals surface area contributed by atoms with Gasteiger partial charge in [-0.15, -0.1) is 0 Å². The van der Waals surface area contributed by atoms with Gasteiger partial charge in [-0.05, 0) is 66.8 Å². The minimum absolute atomic E-state index is 0.222. The summed E-state index contributed by atoms with van der Waals surface area (Å²) in [5.41, 5.74) is 2.68. The zero-order valence-corrected chi connectivity index (χ0v) is 21.5. The van der Waals surface area contributed by atoms with Crippen molar-refractivity contribution in [3.05, 3.63) is 76.8 Å². The number of benzene rings is 2. The van der Waals surface area contributed by atoms with Gasteiger partial charge in [-0.2, -0.15) is 0 Å². The third-order valence-electron chi connectivity index (χ3n) is 7.69. The molecule has 2 aromatic carbocycles. The van der Waals surface area contributed by atoms with E-state index in [0.717, 1.165) is 54.1 Å². The number of likely N-dealkylation sites (tertiary alicyclic amines) is 1. The molecule has 0 aliphatic carbocycles. The smallest absolute Gasteiger partial charge is 0.194 e. The van der Waals surface area contributed by atoms with Gasteiger partial charge in [0.25, 0.3) is 0 Å². The van der Waals surface area contributed by atoms with Gasteiger partial charge in [0.05, 0.1) is 25.2 Å². The number of hydrogen-bond donors (Lipinski definition) is 2. The number of nitrogens with zero attached hydrogens (tertiary/aromatic N) is 3. The van der Waals surface area contributed by atoms with Crippen LogP contribution in [-0.4, -0.2) is 56.7 Å². The van der Waals surface area contributed by atoms with E-state index in [1.165, 1.54) is 0 Å². The molecule has 0 bridgehead atoms. The monoisotopic (exact) mass is 527 g/mol. The van der Waals surface area contributed by atoms with Crippen LogP contribution in [0.25, 0.3) is 6.08 Å². The van der Waals surface area contributed by atoms with Crippen molar-refractivity contribution in [1.82, 2.24) is 10.2 Å². The van der Waals surface area contributed by atoms with E-state index < -0.39 is 29.1 Å². The Hall–Kier alpha value is -3.34. The van der Waals surface area contributed by atoms with E-state index in [4.69, 9.17) is 15.5 Å². The maximum Gasteiger partial charge on any atom is 0.194 e. The predicted octanol–water partition coefficient (Wildman–Crippen LogP) is 4.10. The van der Waals surface area contributed by atoms with E-state index in [1.54, 1.807) is 7.11 Å². The van der Waals surface area contributed by atoms with Gasteiger partial charge in [0.1, 0.15) is 17.4 Å². The van der Waals surface area contributed by atoms with Crippen molar-refractivity contribution < 1.29 is 22.7 Å². The molecule has 0 radical (unpaired) electrons. The molecule has 2 aromatic rings. The van der Waals surface area contributed by atoms with E-state index in [1.807, 2.05) is 35.5 Å². The summed E-state index contributed by atoms with van der Waals surface area (Å²) in [6.45, 7) is 8.43. The molecule has 2 unspecified atom stereocenters. The molecule has 3 aliphatic rings. The summed E-state index contributed by atoms with van der Waals surface area (Å²) in [5, 5.41) is 3.22. The lowest BCUT2D eigenvalue weighted by Gasteiger charge is -2.49. The van der Waals surface area contributed by atoms with Crippen LogP contribution in [0.2, 0.25) is 0 Å². The number of piperidine rings is 1. The molecule has 10 heteroatoms. The van der Waals surface area contributed by atoms with Crippen LogP contribution < -0.4 is 20.9 Å². The lowest BCUT2D eigenvalue weighted by atomic mass is 9.81. The molecule has 7 nitrogen and oxygen atoms in total. The highest BCUT2D eigenvalue weighted by atomic mass is 19.2. The number of nitrogens with two attached hydrogens (primary N) is 1. The van der Waals surface area contributed by atoms with Crippen molar-refractivity contribution in [2.24, 2.45) is 10.9 Å². The highest BCUT2D eigenvalue weighted by Gasteiger charge is 2.51. The number of hydrogen-bond acceptors (Lipinski definition) is 7. The summed E-state index contributed by atoms with van der Waals surface area (Å²) < 4.78 is 48.3. The Balaban J connectivity index is 1.50. The highest BCUT2D eigenvalue weighted by molar-refractivity contribution is 5.85. The predicted molar refractivity (Wildman–Crippen MR) is 141 cm³/mol. The molecule has 38 heavy (non-hydrogen) atoms. The summed E-state index contributed by atoms with van der Waals surface area (Å²) in [6.07, 6.45) is 4.76. The molecule has 5 rings (SSSR count). The SMILES string of the molecule is C=C1/C(=C/c2ccc(N3C=NC(C)C3)c(OC)c2)CCCN1[C@]1(c2cc(F)c(F)c(F)c2)CNCC1ON. The Morgan fingerprint density at radius 2 is 1.97 bits per heavy atom. The fraction of sp³-hybridized carbons (Fsp3) is 0.393. The average molecular weight is 528 g/mol. The molecule has 0 spiro atoms. The van der Waals surface area contributed by atoms with Gasteiger partial charge in [0.15, 0.2) is 17.5 Å². The summed E-state index contributed by atoms with van der Waals surface area (Å²) >= 11 is 0. The van der Waals surface area contributed by atoms with E-state index in [2.05, 4.69) is 28.7 Å². The number of nitrogens with one attached hydrogen (secondary N) is 1. The Kier molecular flexibility index (Phi) is 7.21. The second-order valence-electron chi connectivity index (χ2n) is 10.0. The zero-order chi connectivity index (χ0) is 27.0. The third-order valence-corrected chi connectivity index (χ3v) is 7.69. The van der Waals surface area contributed by atoms with Crippen molar-refractivity contribution in [3.63, 3.8) is 0 Å². The second kappa shape index (κ2) is 10.4. The first-order chi connectivity index (χ1) is 18.3. The van der Waals surface area contributed by atoms with Gasteiger partial charge >= 0.3 is 0 Å². The van der Waals surface area contributed by atoms with Gasteiger partial charge in [0.2, 0.25) is 0 Å². The second-order valence-corrected chi connectivity index (χ2v) is 10.0. The Morgan fingerprint density at radius 1 is 1.21 bits per heavy atom. The minimum Gasteiger partial charge on any atom is -0.495 e. The van der Waals surface area contributed by atoms with Gasteiger partial charge in [-0.25, -0.2) is 19.1 Å². The van der Waals surface area contributed by atoms with Crippen molar-refractivity contribution in [2.75, 3.05) is 38.2 Å². The lowest BCUT2D eigenvalue weighted by molar-refractivity contribution is -0.0398. The van der Waals surface area contributed by atoms with Crippen LogP contribution in [0, 0.1) is 17.5 Å². The first-order valence-corrected chi connectivity index (χ1v) is 12.6. The summed E-state index contributed by atoms with van der Waals surface area (Å²) in [4.78, 5) is 13.8. The van der Waals surface area contributed by atoms with Crippen LogP contribution in [0.1, 0.15) is 30.9 Å². The van der Waals surface area contributed by atoms with E-state index in [9.17, 15) is 13.2 Å².